The van der Waals surface area contributed by atoms with Gasteiger partial charge >= 0.3 is 0 Å². The van der Waals surface area contributed by atoms with Crippen LogP contribution in [0.15, 0.2) is 18.3 Å². The van der Waals surface area contributed by atoms with Gasteiger partial charge in [0.1, 0.15) is 5.69 Å². The fraction of sp³-hybridized carbons (Fsp3) is 0.625. The number of hydrogen-bond donors (Lipinski definition) is 0. The molecule has 0 radical (unpaired) electrons. The van der Waals surface area contributed by atoms with E-state index < -0.39 is 0 Å². The molecule has 1 heterocycles. The Morgan fingerprint density at radius 2 is 1.94 bits per heavy atom. The first-order valence-electron chi connectivity index (χ1n) is 7.09. The minimum Gasteiger partial charge on any atom is -0.292 e. The summed E-state index contributed by atoms with van der Waals surface area (Å²) in [5.41, 5.74) is 1.81. The Labute approximate surface area is 110 Å². The van der Waals surface area contributed by atoms with Crippen molar-refractivity contribution in [3.63, 3.8) is 0 Å². The van der Waals surface area contributed by atoms with Gasteiger partial charge < -0.3 is 0 Å². The highest BCUT2D eigenvalue weighted by atomic mass is 16.1. The van der Waals surface area contributed by atoms with Crippen molar-refractivity contribution >= 4 is 5.78 Å². The summed E-state index contributed by atoms with van der Waals surface area (Å²) in [5, 5.41) is 0. The smallest absolute Gasteiger partial charge is 0.184 e. The predicted octanol–water partition coefficient (Wildman–Crippen LogP) is 3.90. The highest BCUT2D eigenvalue weighted by Gasteiger charge is 2.30. The van der Waals surface area contributed by atoms with Crippen LogP contribution in [-0.4, -0.2) is 10.8 Å². The molecule has 1 aromatic heterocycles. The van der Waals surface area contributed by atoms with Crippen LogP contribution in [0.4, 0.5) is 0 Å². The maximum absolute atomic E-state index is 12.6. The van der Waals surface area contributed by atoms with Gasteiger partial charge in [-0.25, -0.2) is 0 Å². The number of pyridine rings is 1. The molecule has 1 aromatic rings. The molecule has 2 atom stereocenters. The molecule has 0 N–H and O–H groups in total. The maximum Gasteiger partial charge on any atom is 0.184 e. The molecule has 0 aliphatic heterocycles. The highest BCUT2D eigenvalue weighted by molar-refractivity contribution is 5.97. The second kappa shape index (κ2) is 5.64. The van der Waals surface area contributed by atoms with Crippen molar-refractivity contribution in [2.45, 2.75) is 46.5 Å². The molecule has 2 unspecified atom stereocenters. The summed E-state index contributed by atoms with van der Waals surface area (Å²) in [4.78, 5) is 16.9. The third-order valence-electron chi connectivity index (χ3n) is 4.05. The van der Waals surface area contributed by atoms with Crippen molar-refractivity contribution in [2.24, 2.45) is 17.8 Å². The van der Waals surface area contributed by atoms with E-state index in [-0.39, 0.29) is 11.7 Å². The average molecular weight is 245 g/mol. The number of ketones is 1. The molecular formula is C16H23NO. The van der Waals surface area contributed by atoms with Crippen molar-refractivity contribution in [3.8, 4) is 0 Å². The lowest BCUT2D eigenvalue weighted by Crippen LogP contribution is -2.27. The lowest BCUT2D eigenvalue weighted by Gasteiger charge is -2.30. The van der Waals surface area contributed by atoms with Crippen molar-refractivity contribution in [2.75, 3.05) is 0 Å². The first kappa shape index (κ1) is 13.3. The number of nitrogens with zero attached hydrogens (tertiary/aromatic N) is 1. The molecule has 2 nitrogen and oxygen atoms in total. The van der Waals surface area contributed by atoms with Crippen LogP contribution in [0.1, 0.15) is 56.1 Å². The number of aromatic nitrogens is 1. The summed E-state index contributed by atoms with van der Waals surface area (Å²) in [6, 6.07) is 3.94. The third-order valence-corrected chi connectivity index (χ3v) is 4.05. The molecule has 2 heteroatoms. The van der Waals surface area contributed by atoms with Crippen molar-refractivity contribution in [1.29, 1.82) is 0 Å². The molecule has 2 rings (SSSR count). The van der Waals surface area contributed by atoms with E-state index in [0.717, 1.165) is 24.8 Å². The van der Waals surface area contributed by atoms with E-state index in [1.165, 1.54) is 6.42 Å². The number of aryl methyl sites for hydroxylation is 1. The van der Waals surface area contributed by atoms with E-state index in [2.05, 4.69) is 25.8 Å². The molecule has 0 bridgehead atoms. The second-order valence-electron chi connectivity index (χ2n) is 5.84. The van der Waals surface area contributed by atoms with Gasteiger partial charge in [0.15, 0.2) is 5.78 Å². The maximum atomic E-state index is 12.6. The van der Waals surface area contributed by atoms with Gasteiger partial charge in [0.05, 0.1) is 0 Å². The van der Waals surface area contributed by atoms with Gasteiger partial charge in [0.25, 0.3) is 0 Å². The predicted molar refractivity (Wildman–Crippen MR) is 73.6 cm³/mol. The van der Waals surface area contributed by atoms with Gasteiger partial charge in [0.2, 0.25) is 0 Å². The van der Waals surface area contributed by atoms with E-state index >= 15 is 0 Å². The first-order valence-corrected chi connectivity index (χ1v) is 7.09. The van der Waals surface area contributed by atoms with Gasteiger partial charge in [-0.3, -0.25) is 9.78 Å². The minimum atomic E-state index is 0.184. The number of hydrogen-bond acceptors (Lipinski definition) is 2. The summed E-state index contributed by atoms with van der Waals surface area (Å²) >= 11 is 0. The Morgan fingerprint density at radius 3 is 2.56 bits per heavy atom. The largest absolute Gasteiger partial charge is 0.292 e. The Morgan fingerprint density at radius 1 is 1.28 bits per heavy atom. The molecule has 18 heavy (non-hydrogen) atoms. The topological polar surface area (TPSA) is 30.0 Å². The highest BCUT2D eigenvalue weighted by Crippen LogP contribution is 2.34. The van der Waals surface area contributed by atoms with Crippen molar-refractivity contribution in [1.82, 2.24) is 4.98 Å². The summed E-state index contributed by atoms with van der Waals surface area (Å²) in [6.07, 6.45) is 5.94. The fourth-order valence-electron chi connectivity index (χ4n) is 3.30. The van der Waals surface area contributed by atoms with Gasteiger partial charge in [-0.1, -0.05) is 26.8 Å². The van der Waals surface area contributed by atoms with Crippen molar-refractivity contribution < 1.29 is 4.79 Å². The summed E-state index contributed by atoms with van der Waals surface area (Å²) < 4.78 is 0. The van der Waals surface area contributed by atoms with Gasteiger partial charge in [-0.15, -0.1) is 0 Å². The number of rotatable bonds is 3. The number of carbonyl (C=O) groups excluding carboxylic acids is 1. The summed E-state index contributed by atoms with van der Waals surface area (Å²) in [7, 11) is 0. The van der Waals surface area contributed by atoms with E-state index in [0.29, 0.717) is 17.5 Å². The molecule has 0 spiro atoms. The van der Waals surface area contributed by atoms with Crippen LogP contribution in [0.3, 0.4) is 0 Å². The van der Waals surface area contributed by atoms with Gasteiger partial charge in [0, 0.05) is 12.1 Å². The van der Waals surface area contributed by atoms with Crippen LogP contribution in [0.2, 0.25) is 0 Å². The fourth-order valence-corrected chi connectivity index (χ4v) is 3.30. The second-order valence-corrected chi connectivity index (χ2v) is 5.84. The molecule has 1 aliphatic carbocycles. The zero-order valence-corrected chi connectivity index (χ0v) is 11.6. The Balaban J connectivity index is 2.20. The normalized spacial score (nSPS) is 28.1. The molecule has 1 aliphatic rings. The Bertz CT molecular complexity index is 417. The Hall–Kier alpha value is -1.18. The van der Waals surface area contributed by atoms with Crippen LogP contribution in [0, 0.1) is 17.8 Å². The number of carbonyl (C=O) groups is 1. The monoisotopic (exact) mass is 245 g/mol. The van der Waals surface area contributed by atoms with Crippen LogP contribution >= 0.6 is 0 Å². The van der Waals surface area contributed by atoms with Gasteiger partial charge in [-0.05, 0) is 49.1 Å². The van der Waals surface area contributed by atoms with Crippen LogP contribution in [0.25, 0.3) is 0 Å². The lowest BCUT2D eigenvalue weighted by atomic mass is 9.74. The molecule has 0 aromatic carbocycles. The Kier molecular flexibility index (Phi) is 4.15. The minimum absolute atomic E-state index is 0.184. The van der Waals surface area contributed by atoms with E-state index in [1.54, 1.807) is 6.20 Å². The molecule has 0 saturated heterocycles. The summed E-state index contributed by atoms with van der Waals surface area (Å²) in [5.74, 6) is 1.78. The molecule has 98 valence electrons. The van der Waals surface area contributed by atoms with Crippen LogP contribution in [-0.2, 0) is 6.42 Å². The standard InChI is InChI=1S/C16H23NO/c1-4-13-6-5-7-17-15(13)16(18)14-9-11(2)8-12(3)10-14/h5-7,11-12,14H,4,8-10H2,1-3H3. The zero-order chi connectivity index (χ0) is 13.1. The van der Waals surface area contributed by atoms with Crippen molar-refractivity contribution in [3.05, 3.63) is 29.6 Å². The molecule has 1 fully saturated rings. The molecular weight excluding hydrogens is 222 g/mol. The lowest BCUT2D eigenvalue weighted by molar-refractivity contribution is 0.0830. The first-order chi connectivity index (χ1) is 8.61. The summed E-state index contributed by atoms with van der Waals surface area (Å²) in [6.45, 7) is 6.60. The van der Waals surface area contributed by atoms with E-state index in [9.17, 15) is 4.79 Å². The van der Waals surface area contributed by atoms with Crippen LogP contribution < -0.4 is 0 Å². The van der Waals surface area contributed by atoms with Gasteiger partial charge in [-0.2, -0.15) is 0 Å². The number of Topliss-reactive ketones (excluding diaryl/α,β-unsaturated/α-hetero) is 1. The van der Waals surface area contributed by atoms with Crippen LogP contribution in [0.5, 0.6) is 0 Å². The zero-order valence-electron chi connectivity index (χ0n) is 11.6. The SMILES string of the molecule is CCc1cccnc1C(=O)C1CC(C)CC(C)C1. The van der Waals surface area contributed by atoms with E-state index in [1.807, 2.05) is 12.1 Å². The third kappa shape index (κ3) is 2.80. The average Bonchev–Trinajstić information content (AvgIpc) is 2.36. The van der Waals surface area contributed by atoms with E-state index in [4.69, 9.17) is 0 Å². The quantitative estimate of drug-likeness (QED) is 0.756. The molecule has 1 saturated carbocycles. The molecule has 0 amide bonds.